The van der Waals surface area contributed by atoms with E-state index in [9.17, 15) is 4.79 Å². The van der Waals surface area contributed by atoms with Gasteiger partial charge < -0.3 is 10.1 Å². The molecule has 0 saturated carbocycles. The summed E-state index contributed by atoms with van der Waals surface area (Å²) in [6, 6.07) is 8.51. The van der Waals surface area contributed by atoms with Crippen molar-refractivity contribution in [3.8, 4) is 0 Å². The second kappa shape index (κ2) is 17.2. The highest BCUT2D eigenvalue weighted by atomic mass is 16.5. The average molecular weight is 437 g/mol. The van der Waals surface area contributed by atoms with Gasteiger partial charge in [0.05, 0.1) is 12.6 Å². The number of carbonyl (C=O) groups is 1. The number of benzene rings is 1. The first-order chi connectivity index (χ1) is 14.9. The minimum atomic E-state index is -0.0978. The molecule has 0 unspecified atom stereocenters. The molecule has 0 radical (unpaired) electrons. The topological polar surface area (TPSA) is 50.4 Å². The molecule has 1 aromatic carbocycles. The van der Waals surface area contributed by atoms with Gasteiger partial charge in [0, 0.05) is 16.0 Å². The van der Waals surface area contributed by atoms with E-state index in [0.717, 1.165) is 63.3 Å². The highest BCUT2D eigenvalue weighted by Gasteiger charge is 2.14. The molecule has 0 heterocycles. The minimum absolute atomic E-state index is 0. The van der Waals surface area contributed by atoms with Crippen molar-refractivity contribution in [2.75, 3.05) is 26.4 Å². The van der Waals surface area contributed by atoms with E-state index < -0.39 is 0 Å². The molecule has 2 N–H and O–H groups in total. The molecule has 1 amide bonds. The van der Waals surface area contributed by atoms with Crippen molar-refractivity contribution in [2.24, 2.45) is 11.8 Å². The zero-order valence-electron chi connectivity index (χ0n) is 20.8. The van der Waals surface area contributed by atoms with Gasteiger partial charge in [-0.15, -0.1) is 0 Å². The molecule has 1 rings (SSSR count). The first-order valence-corrected chi connectivity index (χ1v) is 12.5. The van der Waals surface area contributed by atoms with Crippen LogP contribution in [-0.2, 0) is 16.0 Å². The van der Waals surface area contributed by atoms with Gasteiger partial charge in [0.25, 0.3) is 0 Å². The maximum atomic E-state index is 12.4. The van der Waals surface area contributed by atoms with Gasteiger partial charge in [0.15, 0.2) is 0 Å². The van der Waals surface area contributed by atoms with Gasteiger partial charge in [-0.2, -0.15) is 0 Å². The van der Waals surface area contributed by atoms with Gasteiger partial charge in [-0.25, -0.2) is 0 Å². The van der Waals surface area contributed by atoms with Gasteiger partial charge in [0.2, 0.25) is 5.91 Å². The predicted octanol–water partition coefficient (Wildman–Crippen LogP) is 6.55. The third kappa shape index (κ3) is 14.3. The van der Waals surface area contributed by atoms with Crippen LogP contribution in [0.3, 0.4) is 0 Å². The summed E-state index contributed by atoms with van der Waals surface area (Å²) in [5.74, 6) is 1.48. The number of unbranched alkanes of at least 4 members (excludes halogenated alkanes) is 4. The Bertz CT molecular complexity index is 580. The van der Waals surface area contributed by atoms with Crippen molar-refractivity contribution in [3.63, 3.8) is 0 Å². The van der Waals surface area contributed by atoms with E-state index in [0.29, 0.717) is 12.6 Å². The summed E-state index contributed by atoms with van der Waals surface area (Å²) in [7, 11) is 0. The fourth-order valence-electron chi connectivity index (χ4n) is 3.63. The first kappa shape index (κ1) is 27.6. The van der Waals surface area contributed by atoms with E-state index in [1.54, 1.807) is 0 Å². The van der Waals surface area contributed by atoms with Crippen molar-refractivity contribution in [1.82, 2.24) is 10.6 Å². The Morgan fingerprint density at radius 3 is 2.23 bits per heavy atom. The molecule has 0 saturated heterocycles. The molecule has 4 heteroatoms. The summed E-state index contributed by atoms with van der Waals surface area (Å²) in [6.45, 7) is 14.3. The lowest BCUT2D eigenvalue weighted by Gasteiger charge is -2.14. The Morgan fingerprint density at radius 2 is 1.55 bits per heavy atom. The molecule has 0 spiro atoms. The number of carbonyl (C=O) groups excluding carboxylic acids is 1. The molecule has 4 nitrogen and oxygen atoms in total. The molecule has 0 aliphatic carbocycles. The summed E-state index contributed by atoms with van der Waals surface area (Å²) >= 11 is 0. The van der Waals surface area contributed by atoms with Crippen molar-refractivity contribution < 1.29 is 12.4 Å². The zero-order chi connectivity index (χ0) is 22.9. The van der Waals surface area contributed by atoms with E-state index in [1.807, 2.05) is 6.92 Å². The normalized spacial score (nSPS) is 12.5. The summed E-state index contributed by atoms with van der Waals surface area (Å²) in [5.41, 5.74) is 2.43. The number of rotatable bonds is 18. The number of amides is 1. The zero-order valence-corrected chi connectivity index (χ0v) is 20.8. The van der Waals surface area contributed by atoms with Crippen LogP contribution in [0, 0.1) is 11.8 Å². The van der Waals surface area contributed by atoms with Crippen LogP contribution in [0.4, 0.5) is 0 Å². The van der Waals surface area contributed by atoms with Crippen LogP contribution in [0.15, 0.2) is 24.3 Å². The standard InChI is InChI=1S/C27H48N2O2.2H2/c1-22(2)12-8-10-17-28-21-31-19-11-7-6-9-18-29-27(30)24(5)26-15-13-25(14-16-26)20-23(3)4;;/h13-16,22-24,28H,6-12,17-21H2,1-5H3,(H,29,30);2*1H/t24-;;/m1../s1. The van der Waals surface area contributed by atoms with Crippen molar-refractivity contribution in [3.05, 3.63) is 35.4 Å². The number of ether oxygens (including phenoxy) is 1. The smallest absolute Gasteiger partial charge is 0.227 e. The number of hydrogen-bond acceptors (Lipinski definition) is 3. The fourth-order valence-corrected chi connectivity index (χ4v) is 3.63. The van der Waals surface area contributed by atoms with Crippen LogP contribution >= 0.6 is 0 Å². The molecule has 0 fully saturated rings. The maximum Gasteiger partial charge on any atom is 0.227 e. The monoisotopic (exact) mass is 436 g/mol. The quantitative estimate of drug-likeness (QED) is 0.203. The molecule has 0 aliphatic rings. The molecule has 1 atom stereocenters. The average Bonchev–Trinajstić information content (AvgIpc) is 2.73. The van der Waals surface area contributed by atoms with Gasteiger partial charge in [-0.3, -0.25) is 10.1 Å². The molecule has 0 aromatic heterocycles. The van der Waals surface area contributed by atoms with Crippen LogP contribution in [0.25, 0.3) is 0 Å². The molecular weight excluding hydrogens is 384 g/mol. The lowest BCUT2D eigenvalue weighted by molar-refractivity contribution is -0.122. The lowest BCUT2D eigenvalue weighted by Crippen LogP contribution is -2.28. The van der Waals surface area contributed by atoms with E-state index in [4.69, 9.17) is 4.74 Å². The largest absolute Gasteiger partial charge is 0.366 e. The summed E-state index contributed by atoms with van der Waals surface area (Å²) in [5, 5.41) is 6.44. The third-order valence-electron chi connectivity index (χ3n) is 5.62. The summed E-state index contributed by atoms with van der Waals surface area (Å²) < 4.78 is 5.64. The molecule has 31 heavy (non-hydrogen) atoms. The lowest BCUT2D eigenvalue weighted by atomic mass is 9.96. The number of hydrogen-bond donors (Lipinski definition) is 2. The molecule has 1 aromatic rings. The Kier molecular flexibility index (Phi) is 15.3. The molecule has 0 bridgehead atoms. The molecule has 0 aliphatic heterocycles. The highest BCUT2D eigenvalue weighted by Crippen LogP contribution is 2.17. The Balaban J connectivity index is 0. The van der Waals surface area contributed by atoms with Crippen molar-refractivity contribution in [2.45, 2.75) is 91.9 Å². The number of nitrogens with one attached hydrogen (secondary N) is 2. The fraction of sp³-hybridized carbons (Fsp3) is 0.741. The van der Waals surface area contributed by atoms with E-state index >= 15 is 0 Å². The molecular formula is C27H52N2O2. The van der Waals surface area contributed by atoms with Gasteiger partial charge in [-0.1, -0.05) is 77.6 Å². The van der Waals surface area contributed by atoms with Crippen LogP contribution in [0.2, 0.25) is 0 Å². The van der Waals surface area contributed by atoms with Gasteiger partial charge >= 0.3 is 0 Å². The molecule has 182 valence electrons. The van der Waals surface area contributed by atoms with E-state index in [-0.39, 0.29) is 14.7 Å². The van der Waals surface area contributed by atoms with E-state index in [1.165, 1.54) is 24.8 Å². The second-order valence-corrected chi connectivity index (χ2v) is 9.71. The van der Waals surface area contributed by atoms with Crippen molar-refractivity contribution in [1.29, 1.82) is 0 Å². The summed E-state index contributed by atoms with van der Waals surface area (Å²) in [4.78, 5) is 12.4. The SMILES string of the molecule is CC(C)CCCCNCOCCCCCCNC(=O)[C@H](C)c1ccc(CC(C)C)cc1.[HH].[HH]. The minimum Gasteiger partial charge on any atom is -0.366 e. The Labute approximate surface area is 194 Å². The second-order valence-electron chi connectivity index (χ2n) is 9.71. The highest BCUT2D eigenvalue weighted by molar-refractivity contribution is 5.83. The van der Waals surface area contributed by atoms with Gasteiger partial charge in [0.1, 0.15) is 0 Å². The predicted molar refractivity (Wildman–Crippen MR) is 137 cm³/mol. The van der Waals surface area contributed by atoms with Crippen LogP contribution < -0.4 is 10.6 Å². The van der Waals surface area contributed by atoms with Crippen LogP contribution in [0.5, 0.6) is 0 Å². The Morgan fingerprint density at radius 1 is 0.871 bits per heavy atom. The van der Waals surface area contributed by atoms with Crippen LogP contribution in [0.1, 0.15) is 99.5 Å². The maximum absolute atomic E-state index is 12.4. The van der Waals surface area contributed by atoms with E-state index in [2.05, 4.69) is 62.6 Å². The third-order valence-corrected chi connectivity index (χ3v) is 5.62. The Hall–Kier alpha value is -1.39. The first-order valence-electron chi connectivity index (χ1n) is 12.5. The summed E-state index contributed by atoms with van der Waals surface area (Å²) in [6.07, 6.45) is 9.32. The van der Waals surface area contributed by atoms with Crippen molar-refractivity contribution >= 4 is 5.91 Å². The van der Waals surface area contributed by atoms with Crippen LogP contribution in [-0.4, -0.2) is 32.3 Å². The van der Waals surface area contributed by atoms with Gasteiger partial charge in [-0.05, 0) is 62.1 Å².